The quantitative estimate of drug-likeness (QED) is 0.527. The molecule has 0 saturated heterocycles. The van der Waals surface area contributed by atoms with Crippen molar-refractivity contribution >= 4 is 27.5 Å². The Kier molecular flexibility index (Phi) is 6.14. The Hall–Kier alpha value is -2.37. The number of hydrogen-bond acceptors (Lipinski definition) is 3. The molecule has 0 aliphatic rings. The third-order valence-electron chi connectivity index (χ3n) is 4.41. The van der Waals surface area contributed by atoms with E-state index in [0.717, 1.165) is 27.0 Å². The molecule has 2 aromatic carbocycles. The fraction of sp³-hybridized carbons (Fsp3) is 0.227. The summed E-state index contributed by atoms with van der Waals surface area (Å²) in [5, 5.41) is 3.01. The molecule has 0 unspecified atom stereocenters. The average Bonchev–Trinajstić information content (AvgIpc) is 3.16. The molecule has 0 spiro atoms. The van der Waals surface area contributed by atoms with Gasteiger partial charge in [-0.2, -0.15) is 0 Å². The largest absolute Gasteiger partial charge is 0.467 e. The van der Waals surface area contributed by atoms with Gasteiger partial charge in [0.2, 0.25) is 5.91 Å². The minimum absolute atomic E-state index is 0.0570. The number of nitrogens with one attached hydrogen (secondary N) is 1. The van der Waals surface area contributed by atoms with E-state index < -0.39 is 5.41 Å². The molecule has 140 valence electrons. The van der Waals surface area contributed by atoms with Gasteiger partial charge in [-0.15, -0.1) is 0 Å². The summed E-state index contributed by atoms with van der Waals surface area (Å²) >= 11 is 3.43. The molecule has 27 heavy (non-hydrogen) atoms. The van der Waals surface area contributed by atoms with Crippen molar-refractivity contribution in [2.24, 2.45) is 0 Å². The molecule has 0 aliphatic heterocycles. The zero-order valence-corrected chi connectivity index (χ0v) is 17.0. The fourth-order valence-electron chi connectivity index (χ4n) is 2.69. The zero-order valence-electron chi connectivity index (χ0n) is 15.4. The average molecular weight is 428 g/mol. The van der Waals surface area contributed by atoms with E-state index in [2.05, 4.69) is 21.2 Å². The van der Waals surface area contributed by atoms with E-state index in [1.807, 2.05) is 74.5 Å². The first-order valence-electron chi connectivity index (χ1n) is 8.72. The molecule has 5 heteroatoms. The number of amides is 1. The minimum atomic E-state index is -0.646. The lowest BCUT2D eigenvalue weighted by Crippen LogP contribution is -2.34. The predicted molar refractivity (Wildman–Crippen MR) is 109 cm³/mol. The monoisotopic (exact) mass is 427 g/mol. The normalized spacial score (nSPS) is 11.4. The van der Waals surface area contributed by atoms with Crippen molar-refractivity contribution in [2.45, 2.75) is 32.5 Å². The first kappa shape index (κ1) is 19.4. The molecule has 0 saturated carbocycles. The standard InChI is InChI=1S/C22H22BrNO3/c1-22(2,17-8-10-18(23)11-9-17)21(25)24-19-6-3-5-16(13-19)14-26-15-20-7-4-12-27-20/h3-13H,14-15H2,1-2H3,(H,24,25). The van der Waals surface area contributed by atoms with Crippen molar-refractivity contribution in [3.8, 4) is 0 Å². The Bertz CT molecular complexity index is 886. The zero-order chi connectivity index (χ0) is 19.3. The topological polar surface area (TPSA) is 51.5 Å². The van der Waals surface area contributed by atoms with Gasteiger partial charge in [-0.25, -0.2) is 0 Å². The van der Waals surface area contributed by atoms with Gasteiger partial charge in [0.15, 0.2) is 0 Å². The number of halogens is 1. The maximum atomic E-state index is 12.8. The third-order valence-corrected chi connectivity index (χ3v) is 4.94. The molecule has 0 fully saturated rings. The number of carbonyl (C=O) groups is 1. The molecule has 4 nitrogen and oxygen atoms in total. The van der Waals surface area contributed by atoms with Crippen LogP contribution in [-0.2, 0) is 28.2 Å². The van der Waals surface area contributed by atoms with Gasteiger partial charge in [0.1, 0.15) is 12.4 Å². The van der Waals surface area contributed by atoms with Crippen LogP contribution in [0.5, 0.6) is 0 Å². The summed E-state index contributed by atoms with van der Waals surface area (Å²) in [7, 11) is 0. The van der Waals surface area contributed by atoms with Crippen LogP contribution >= 0.6 is 15.9 Å². The maximum absolute atomic E-state index is 12.8. The first-order valence-corrected chi connectivity index (χ1v) is 9.51. The van der Waals surface area contributed by atoms with E-state index in [1.54, 1.807) is 6.26 Å². The van der Waals surface area contributed by atoms with E-state index in [4.69, 9.17) is 9.15 Å². The van der Waals surface area contributed by atoms with E-state index in [1.165, 1.54) is 0 Å². The summed E-state index contributed by atoms with van der Waals surface area (Å²) in [6, 6.07) is 19.2. The summed E-state index contributed by atoms with van der Waals surface area (Å²) in [6.45, 7) is 4.70. The number of benzene rings is 2. The Morgan fingerprint density at radius 2 is 1.85 bits per heavy atom. The van der Waals surface area contributed by atoms with Crippen molar-refractivity contribution in [1.82, 2.24) is 0 Å². The van der Waals surface area contributed by atoms with Gasteiger partial charge in [-0.3, -0.25) is 4.79 Å². The van der Waals surface area contributed by atoms with Gasteiger partial charge in [0.05, 0.1) is 18.3 Å². The first-order chi connectivity index (χ1) is 12.9. The summed E-state index contributed by atoms with van der Waals surface area (Å²) in [6.07, 6.45) is 1.63. The summed E-state index contributed by atoms with van der Waals surface area (Å²) in [4.78, 5) is 12.8. The molecular weight excluding hydrogens is 406 g/mol. The van der Waals surface area contributed by atoms with E-state index in [9.17, 15) is 4.79 Å². The van der Waals surface area contributed by atoms with E-state index in [-0.39, 0.29) is 5.91 Å². The maximum Gasteiger partial charge on any atom is 0.234 e. The van der Waals surface area contributed by atoms with Crippen LogP contribution in [0.2, 0.25) is 0 Å². The molecule has 3 rings (SSSR count). The lowest BCUT2D eigenvalue weighted by atomic mass is 9.83. The molecule has 1 heterocycles. The highest BCUT2D eigenvalue weighted by molar-refractivity contribution is 9.10. The minimum Gasteiger partial charge on any atom is -0.467 e. The number of furan rings is 1. The molecule has 0 aliphatic carbocycles. The highest BCUT2D eigenvalue weighted by atomic mass is 79.9. The Morgan fingerprint density at radius 3 is 2.56 bits per heavy atom. The van der Waals surface area contributed by atoms with Gasteiger partial charge in [0.25, 0.3) is 0 Å². The van der Waals surface area contributed by atoms with E-state index in [0.29, 0.717) is 13.2 Å². The van der Waals surface area contributed by atoms with Crippen molar-refractivity contribution in [3.63, 3.8) is 0 Å². The van der Waals surface area contributed by atoms with Gasteiger partial charge >= 0.3 is 0 Å². The lowest BCUT2D eigenvalue weighted by molar-refractivity contribution is -0.120. The van der Waals surface area contributed by atoms with Gasteiger partial charge in [0, 0.05) is 10.2 Å². The molecule has 0 bridgehead atoms. The second-order valence-electron chi connectivity index (χ2n) is 6.86. The molecule has 1 N–H and O–H groups in total. The van der Waals surface area contributed by atoms with Crippen molar-refractivity contribution in [3.05, 3.63) is 88.3 Å². The number of carbonyl (C=O) groups excluding carboxylic acids is 1. The number of hydrogen-bond donors (Lipinski definition) is 1. The summed E-state index contributed by atoms with van der Waals surface area (Å²) < 4.78 is 11.9. The number of anilines is 1. The van der Waals surface area contributed by atoms with Crippen LogP contribution in [0, 0.1) is 0 Å². The lowest BCUT2D eigenvalue weighted by Gasteiger charge is -2.24. The molecule has 1 aromatic heterocycles. The molecule has 0 radical (unpaired) electrons. The van der Waals surface area contributed by atoms with Crippen LogP contribution in [0.4, 0.5) is 5.69 Å². The van der Waals surface area contributed by atoms with Gasteiger partial charge in [-0.1, -0.05) is 40.2 Å². The Balaban J connectivity index is 1.62. The van der Waals surface area contributed by atoms with Gasteiger partial charge in [-0.05, 0) is 61.4 Å². The van der Waals surface area contributed by atoms with Gasteiger partial charge < -0.3 is 14.5 Å². The smallest absolute Gasteiger partial charge is 0.234 e. The number of rotatable bonds is 7. The number of ether oxygens (including phenoxy) is 1. The fourth-order valence-corrected chi connectivity index (χ4v) is 2.95. The Morgan fingerprint density at radius 1 is 1.07 bits per heavy atom. The van der Waals surface area contributed by atoms with Crippen LogP contribution in [0.15, 0.2) is 75.8 Å². The summed E-state index contributed by atoms with van der Waals surface area (Å²) in [5.41, 5.74) is 2.05. The van der Waals surface area contributed by atoms with Crippen molar-refractivity contribution in [2.75, 3.05) is 5.32 Å². The second-order valence-corrected chi connectivity index (χ2v) is 7.77. The van der Waals surface area contributed by atoms with Crippen LogP contribution in [-0.4, -0.2) is 5.91 Å². The van der Waals surface area contributed by atoms with E-state index >= 15 is 0 Å². The van der Waals surface area contributed by atoms with Crippen LogP contribution in [0.1, 0.15) is 30.7 Å². The van der Waals surface area contributed by atoms with Crippen LogP contribution in [0.25, 0.3) is 0 Å². The SMILES string of the molecule is CC(C)(C(=O)Nc1cccc(COCc2ccco2)c1)c1ccc(Br)cc1. The second kappa shape index (κ2) is 8.55. The molecule has 3 aromatic rings. The van der Waals surface area contributed by atoms with Crippen LogP contribution in [0.3, 0.4) is 0 Å². The molecule has 1 amide bonds. The molecular formula is C22H22BrNO3. The highest BCUT2D eigenvalue weighted by Crippen LogP contribution is 2.27. The highest BCUT2D eigenvalue weighted by Gasteiger charge is 2.29. The van der Waals surface area contributed by atoms with Crippen LogP contribution < -0.4 is 5.32 Å². The predicted octanol–water partition coefficient (Wildman–Crippen LogP) is 5.68. The Labute approximate surface area is 167 Å². The molecule has 0 atom stereocenters. The third kappa shape index (κ3) is 5.08. The van der Waals surface area contributed by atoms with Crippen molar-refractivity contribution in [1.29, 1.82) is 0 Å². The van der Waals surface area contributed by atoms with Crippen molar-refractivity contribution < 1.29 is 13.9 Å². The summed E-state index contributed by atoms with van der Waals surface area (Å²) in [5.74, 6) is 0.731.